The van der Waals surface area contributed by atoms with Gasteiger partial charge >= 0.3 is 0 Å². The third-order valence-electron chi connectivity index (χ3n) is 2.27. The molecule has 1 aromatic carbocycles. The van der Waals surface area contributed by atoms with Crippen molar-refractivity contribution in [2.45, 2.75) is 19.9 Å². The summed E-state index contributed by atoms with van der Waals surface area (Å²) in [5, 5.41) is 8.50. The molecule has 0 spiro atoms. The van der Waals surface area contributed by atoms with Gasteiger partial charge in [0.15, 0.2) is 6.61 Å². The Balaban J connectivity index is 2.87. The maximum absolute atomic E-state index is 8.50. The van der Waals surface area contributed by atoms with Crippen LogP contribution < -0.4 is 15.4 Å². The second kappa shape index (κ2) is 7.36. The summed E-state index contributed by atoms with van der Waals surface area (Å²) in [5.41, 5.74) is 6.83. The predicted molar refractivity (Wildman–Crippen MR) is 73.4 cm³/mol. The molecule has 0 aromatic heterocycles. The van der Waals surface area contributed by atoms with Gasteiger partial charge in [0.2, 0.25) is 0 Å². The fourth-order valence-electron chi connectivity index (χ4n) is 1.61. The molecule has 0 saturated carbocycles. The molecule has 0 saturated heterocycles. The Kier molecular flexibility index (Phi) is 5.75. The highest BCUT2D eigenvalue weighted by molar-refractivity contribution is 5.53. The maximum Gasteiger partial charge on any atom is 0.174 e. The van der Waals surface area contributed by atoms with Crippen LogP contribution in [-0.2, 0) is 0 Å². The van der Waals surface area contributed by atoms with Gasteiger partial charge in [-0.3, -0.25) is 0 Å². The molecule has 0 radical (unpaired) electrons. The number of hydrogen-bond acceptors (Lipinski definition) is 4. The molecule has 4 heteroatoms. The van der Waals surface area contributed by atoms with E-state index in [1.807, 2.05) is 56.5 Å². The molecule has 1 atom stereocenters. The number of allylic oxidation sites excluding steroid dienone is 1. The molecule has 4 nitrogen and oxygen atoms in total. The summed E-state index contributed by atoms with van der Waals surface area (Å²) >= 11 is 0. The Morgan fingerprint density at radius 1 is 1.56 bits per heavy atom. The average Bonchev–Trinajstić information content (AvgIpc) is 2.36. The Bertz CT molecular complexity index is 435. The van der Waals surface area contributed by atoms with Crippen LogP contribution in [-0.4, -0.2) is 19.2 Å². The number of nitriles is 1. The van der Waals surface area contributed by atoms with Crippen LogP contribution in [0.25, 0.3) is 0 Å². The molecule has 2 N–H and O–H groups in total. The summed E-state index contributed by atoms with van der Waals surface area (Å²) in [5.74, 6) is 0.688. The Hall–Kier alpha value is -1.99. The number of anilines is 1. The van der Waals surface area contributed by atoms with Crippen molar-refractivity contribution < 1.29 is 4.74 Å². The van der Waals surface area contributed by atoms with Crippen LogP contribution >= 0.6 is 0 Å². The lowest BCUT2D eigenvalue weighted by Crippen LogP contribution is -2.32. The topological polar surface area (TPSA) is 62.3 Å². The molecule has 96 valence electrons. The number of rotatable bonds is 6. The van der Waals surface area contributed by atoms with E-state index < -0.39 is 0 Å². The van der Waals surface area contributed by atoms with Crippen LogP contribution in [0.1, 0.15) is 13.8 Å². The lowest BCUT2D eigenvalue weighted by atomic mass is 10.2. The summed E-state index contributed by atoms with van der Waals surface area (Å²) < 4.78 is 5.29. The van der Waals surface area contributed by atoms with Crippen LogP contribution in [0, 0.1) is 11.3 Å². The zero-order chi connectivity index (χ0) is 13.4. The van der Waals surface area contributed by atoms with Crippen molar-refractivity contribution in [3.8, 4) is 11.8 Å². The lowest BCUT2D eigenvalue weighted by molar-refractivity contribution is 0.368. The highest BCUT2D eigenvalue weighted by Gasteiger charge is 2.06. The van der Waals surface area contributed by atoms with Crippen LogP contribution in [0.5, 0.6) is 5.75 Å². The minimum absolute atomic E-state index is 0.0559. The fourth-order valence-corrected chi connectivity index (χ4v) is 1.61. The lowest BCUT2D eigenvalue weighted by Gasteiger charge is -2.23. The molecule has 0 fully saturated rings. The van der Waals surface area contributed by atoms with Crippen molar-refractivity contribution in [2.75, 3.05) is 18.1 Å². The molecule has 0 bridgehead atoms. The van der Waals surface area contributed by atoms with E-state index in [0.717, 1.165) is 12.2 Å². The van der Waals surface area contributed by atoms with E-state index in [1.54, 1.807) is 0 Å². The summed E-state index contributed by atoms with van der Waals surface area (Å²) in [7, 11) is 0. The number of nitrogens with two attached hydrogens (primary N) is 1. The Labute approximate surface area is 108 Å². The van der Waals surface area contributed by atoms with E-state index in [9.17, 15) is 0 Å². The largest absolute Gasteiger partial charge is 0.479 e. The average molecular weight is 245 g/mol. The smallest absolute Gasteiger partial charge is 0.174 e. The van der Waals surface area contributed by atoms with Crippen molar-refractivity contribution in [2.24, 2.45) is 5.73 Å². The molecular weight excluding hydrogens is 226 g/mol. The van der Waals surface area contributed by atoms with Gasteiger partial charge in [0.1, 0.15) is 11.8 Å². The second-order valence-electron chi connectivity index (χ2n) is 4.06. The standard InChI is InChI=1S/C14H19N3O/c1-3-8-17(11-12(2)16)13-5-4-6-14(10-13)18-9-7-15/h3-6,8,10,12H,9,11,16H2,1-2H3/b8-3-. The highest BCUT2D eigenvalue weighted by Crippen LogP contribution is 2.21. The van der Waals surface area contributed by atoms with Crippen molar-refractivity contribution in [1.29, 1.82) is 5.26 Å². The molecule has 0 aliphatic heterocycles. The van der Waals surface area contributed by atoms with E-state index in [1.165, 1.54) is 0 Å². The van der Waals surface area contributed by atoms with E-state index in [-0.39, 0.29) is 12.6 Å². The van der Waals surface area contributed by atoms with Crippen LogP contribution in [0.4, 0.5) is 5.69 Å². The molecule has 0 heterocycles. The molecule has 1 aromatic rings. The van der Waals surface area contributed by atoms with Gasteiger partial charge < -0.3 is 15.4 Å². The van der Waals surface area contributed by atoms with Crippen LogP contribution in [0.2, 0.25) is 0 Å². The van der Waals surface area contributed by atoms with Gasteiger partial charge in [-0.1, -0.05) is 12.1 Å². The first-order valence-electron chi connectivity index (χ1n) is 5.92. The normalized spacial score (nSPS) is 12.1. The number of ether oxygens (including phenoxy) is 1. The van der Waals surface area contributed by atoms with Crippen molar-refractivity contribution in [3.63, 3.8) is 0 Å². The third kappa shape index (κ3) is 4.48. The van der Waals surface area contributed by atoms with Crippen molar-refractivity contribution in [1.82, 2.24) is 0 Å². The van der Waals surface area contributed by atoms with Crippen LogP contribution in [0.3, 0.4) is 0 Å². The summed E-state index contributed by atoms with van der Waals surface area (Å²) in [6.07, 6.45) is 3.94. The summed E-state index contributed by atoms with van der Waals surface area (Å²) in [4.78, 5) is 2.06. The van der Waals surface area contributed by atoms with Gasteiger partial charge in [0.25, 0.3) is 0 Å². The van der Waals surface area contributed by atoms with Gasteiger partial charge in [-0.2, -0.15) is 5.26 Å². The minimum Gasteiger partial charge on any atom is -0.479 e. The molecule has 0 aliphatic carbocycles. The zero-order valence-corrected chi connectivity index (χ0v) is 10.8. The maximum atomic E-state index is 8.50. The highest BCUT2D eigenvalue weighted by atomic mass is 16.5. The van der Waals surface area contributed by atoms with Crippen molar-refractivity contribution >= 4 is 5.69 Å². The van der Waals surface area contributed by atoms with E-state index in [2.05, 4.69) is 4.90 Å². The molecule has 1 unspecified atom stereocenters. The first kappa shape index (κ1) is 14.1. The monoisotopic (exact) mass is 245 g/mol. The second-order valence-corrected chi connectivity index (χ2v) is 4.06. The SMILES string of the molecule is C/C=C\N(CC(C)N)c1cccc(OCC#N)c1. The van der Waals surface area contributed by atoms with E-state index in [0.29, 0.717) is 5.75 Å². The van der Waals surface area contributed by atoms with Gasteiger partial charge in [-0.15, -0.1) is 0 Å². The van der Waals surface area contributed by atoms with Gasteiger partial charge in [0, 0.05) is 24.3 Å². The Morgan fingerprint density at radius 3 is 2.94 bits per heavy atom. The summed E-state index contributed by atoms with van der Waals surface area (Å²) in [6.45, 7) is 4.71. The van der Waals surface area contributed by atoms with E-state index >= 15 is 0 Å². The molecular formula is C14H19N3O. The summed E-state index contributed by atoms with van der Waals surface area (Å²) in [6, 6.07) is 9.65. The zero-order valence-electron chi connectivity index (χ0n) is 10.8. The molecule has 18 heavy (non-hydrogen) atoms. The van der Waals surface area contributed by atoms with Gasteiger partial charge in [0.05, 0.1) is 0 Å². The van der Waals surface area contributed by atoms with Crippen molar-refractivity contribution in [3.05, 3.63) is 36.5 Å². The quantitative estimate of drug-likeness (QED) is 0.835. The number of benzene rings is 1. The molecule has 1 rings (SSSR count). The fraction of sp³-hybridized carbons (Fsp3) is 0.357. The first-order valence-corrected chi connectivity index (χ1v) is 5.92. The van der Waals surface area contributed by atoms with Gasteiger partial charge in [-0.05, 0) is 32.2 Å². The van der Waals surface area contributed by atoms with Crippen LogP contribution in [0.15, 0.2) is 36.5 Å². The predicted octanol–water partition coefficient (Wildman–Crippen LogP) is 2.28. The molecule has 0 amide bonds. The third-order valence-corrected chi connectivity index (χ3v) is 2.27. The van der Waals surface area contributed by atoms with E-state index in [4.69, 9.17) is 15.7 Å². The van der Waals surface area contributed by atoms with Gasteiger partial charge in [-0.25, -0.2) is 0 Å². The number of nitrogens with zero attached hydrogens (tertiary/aromatic N) is 2. The Morgan fingerprint density at radius 2 is 2.33 bits per heavy atom. The minimum atomic E-state index is 0.0559. The molecule has 0 aliphatic rings. The number of hydrogen-bond donors (Lipinski definition) is 1. The first-order chi connectivity index (χ1) is 8.67.